The van der Waals surface area contributed by atoms with E-state index in [2.05, 4.69) is 26.5 Å². The lowest BCUT2D eigenvalue weighted by Gasteiger charge is -2.08. The number of hydrogen-bond acceptors (Lipinski definition) is 4. The predicted octanol–water partition coefficient (Wildman–Crippen LogP) is 3.64. The highest BCUT2D eigenvalue weighted by molar-refractivity contribution is 9.10. The summed E-state index contributed by atoms with van der Waals surface area (Å²) in [6.07, 6.45) is 2.54. The minimum atomic E-state index is -0.155. The van der Waals surface area contributed by atoms with Gasteiger partial charge in [-0.2, -0.15) is 5.10 Å². The van der Waals surface area contributed by atoms with E-state index in [1.54, 1.807) is 12.1 Å². The highest BCUT2D eigenvalue weighted by atomic mass is 79.9. The Balaban J connectivity index is 1.90. The second kappa shape index (κ2) is 9.08. The molecular weight excluding hydrogens is 372 g/mol. The fourth-order valence-corrected chi connectivity index (χ4v) is 2.53. The summed E-state index contributed by atoms with van der Waals surface area (Å²) >= 11 is 3.26. The van der Waals surface area contributed by atoms with Crippen LogP contribution in [0.1, 0.15) is 24.5 Å². The fourth-order valence-electron chi connectivity index (χ4n) is 2.07. The molecule has 24 heavy (non-hydrogen) atoms. The summed E-state index contributed by atoms with van der Waals surface area (Å²) in [5.41, 5.74) is 4.31. The highest BCUT2D eigenvalue weighted by Crippen LogP contribution is 2.34. The molecule has 0 heterocycles. The Bertz CT molecular complexity index is 718. The van der Waals surface area contributed by atoms with Crippen molar-refractivity contribution in [1.82, 2.24) is 5.43 Å². The third kappa shape index (κ3) is 5.38. The highest BCUT2D eigenvalue weighted by Gasteiger charge is 2.08. The molecule has 126 valence electrons. The number of phenols is 1. The average molecular weight is 391 g/mol. The molecular formula is C18H19BrN2O3. The lowest BCUT2D eigenvalue weighted by Crippen LogP contribution is -2.17. The van der Waals surface area contributed by atoms with Gasteiger partial charge in [-0.3, -0.25) is 4.79 Å². The number of phenolic OH excluding ortho intramolecular Hbond substituents is 1. The Morgan fingerprint density at radius 3 is 2.79 bits per heavy atom. The second-order valence-electron chi connectivity index (χ2n) is 5.06. The molecule has 2 aromatic rings. The number of benzene rings is 2. The van der Waals surface area contributed by atoms with Crippen LogP contribution in [0.2, 0.25) is 0 Å². The van der Waals surface area contributed by atoms with Crippen LogP contribution < -0.4 is 10.2 Å². The zero-order valence-electron chi connectivity index (χ0n) is 13.3. The summed E-state index contributed by atoms with van der Waals surface area (Å²) in [4.78, 5) is 11.8. The van der Waals surface area contributed by atoms with Gasteiger partial charge in [0.05, 0.1) is 17.3 Å². The number of nitrogens with zero attached hydrogens (tertiary/aromatic N) is 1. The first-order chi connectivity index (χ1) is 11.6. The van der Waals surface area contributed by atoms with Gasteiger partial charge in [0.2, 0.25) is 5.91 Å². The van der Waals surface area contributed by atoms with Crippen molar-refractivity contribution < 1.29 is 14.6 Å². The average Bonchev–Trinajstić information content (AvgIpc) is 2.58. The number of ether oxygens (including phenoxy) is 1. The maximum absolute atomic E-state index is 11.8. The van der Waals surface area contributed by atoms with E-state index in [0.29, 0.717) is 35.2 Å². The summed E-state index contributed by atoms with van der Waals surface area (Å²) in [7, 11) is 0. The van der Waals surface area contributed by atoms with Gasteiger partial charge in [-0.05, 0) is 52.5 Å². The van der Waals surface area contributed by atoms with Crippen molar-refractivity contribution in [3.05, 3.63) is 58.1 Å². The number of halogens is 1. The number of aromatic hydroxyl groups is 1. The lowest BCUT2D eigenvalue weighted by atomic mass is 10.1. The van der Waals surface area contributed by atoms with Crippen LogP contribution in [0.3, 0.4) is 0 Å². The van der Waals surface area contributed by atoms with Gasteiger partial charge in [0.1, 0.15) is 0 Å². The number of aryl methyl sites for hydroxylation is 1. The molecule has 2 rings (SSSR count). The van der Waals surface area contributed by atoms with Crippen molar-refractivity contribution in [2.75, 3.05) is 6.61 Å². The van der Waals surface area contributed by atoms with Crippen LogP contribution in [-0.4, -0.2) is 23.8 Å². The first-order valence-electron chi connectivity index (χ1n) is 7.61. The van der Waals surface area contributed by atoms with Crippen LogP contribution in [-0.2, 0) is 11.2 Å². The van der Waals surface area contributed by atoms with Gasteiger partial charge in [0.25, 0.3) is 0 Å². The SMILES string of the molecule is CCOc1cc(/C=N/NC(=O)CCc2ccccc2)cc(Br)c1O. The van der Waals surface area contributed by atoms with Crippen LogP contribution in [0.15, 0.2) is 52.0 Å². The molecule has 0 bridgehead atoms. The monoisotopic (exact) mass is 390 g/mol. The molecule has 0 fully saturated rings. The summed E-state index contributed by atoms with van der Waals surface area (Å²) in [6.45, 7) is 2.28. The Hall–Kier alpha value is -2.34. The molecule has 0 aliphatic carbocycles. The lowest BCUT2D eigenvalue weighted by molar-refractivity contribution is -0.121. The number of hydrazone groups is 1. The van der Waals surface area contributed by atoms with Crippen LogP contribution in [0.5, 0.6) is 11.5 Å². The molecule has 0 spiro atoms. The van der Waals surface area contributed by atoms with Gasteiger partial charge >= 0.3 is 0 Å². The molecule has 0 radical (unpaired) electrons. The predicted molar refractivity (Wildman–Crippen MR) is 97.5 cm³/mol. The molecule has 5 nitrogen and oxygen atoms in total. The molecule has 0 aromatic heterocycles. The number of rotatable bonds is 7. The van der Waals surface area contributed by atoms with Gasteiger partial charge in [0, 0.05) is 6.42 Å². The summed E-state index contributed by atoms with van der Waals surface area (Å²) in [5, 5.41) is 13.8. The van der Waals surface area contributed by atoms with E-state index in [1.165, 1.54) is 6.21 Å². The molecule has 0 atom stereocenters. The maximum atomic E-state index is 11.8. The third-order valence-corrected chi connectivity index (χ3v) is 3.84. The minimum absolute atomic E-state index is 0.0425. The van der Waals surface area contributed by atoms with Crippen molar-refractivity contribution in [1.29, 1.82) is 0 Å². The summed E-state index contributed by atoms with van der Waals surface area (Å²) in [6, 6.07) is 13.2. The fraction of sp³-hybridized carbons (Fsp3) is 0.222. The van der Waals surface area contributed by atoms with Crippen molar-refractivity contribution in [3.8, 4) is 11.5 Å². The zero-order valence-corrected chi connectivity index (χ0v) is 14.9. The molecule has 2 aromatic carbocycles. The van der Waals surface area contributed by atoms with Gasteiger partial charge in [0.15, 0.2) is 11.5 Å². The Labute approximate surface area is 149 Å². The first-order valence-corrected chi connectivity index (χ1v) is 8.40. The van der Waals surface area contributed by atoms with E-state index in [1.807, 2.05) is 37.3 Å². The topological polar surface area (TPSA) is 70.9 Å². The summed E-state index contributed by atoms with van der Waals surface area (Å²) in [5.74, 6) is 0.252. The molecule has 6 heteroatoms. The molecule has 2 N–H and O–H groups in total. The minimum Gasteiger partial charge on any atom is -0.503 e. The maximum Gasteiger partial charge on any atom is 0.240 e. The molecule has 0 unspecified atom stereocenters. The van der Waals surface area contributed by atoms with Crippen LogP contribution in [0.25, 0.3) is 0 Å². The van der Waals surface area contributed by atoms with Crippen molar-refractivity contribution in [2.24, 2.45) is 5.10 Å². The second-order valence-corrected chi connectivity index (χ2v) is 5.92. The molecule has 0 saturated heterocycles. The van der Waals surface area contributed by atoms with Gasteiger partial charge in [-0.25, -0.2) is 5.43 Å². The largest absolute Gasteiger partial charge is 0.503 e. The normalized spacial score (nSPS) is 10.8. The number of hydrogen-bond donors (Lipinski definition) is 2. The zero-order chi connectivity index (χ0) is 17.4. The van der Waals surface area contributed by atoms with Gasteiger partial charge in [-0.15, -0.1) is 0 Å². The molecule has 1 amide bonds. The third-order valence-electron chi connectivity index (χ3n) is 3.24. The number of carbonyl (C=O) groups is 1. The number of amides is 1. The number of carbonyl (C=O) groups excluding carboxylic acids is 1. The standard InChI is InChI=1S/C18H19BrN2O3/c1-2-24-16-11-14(10-15(19)18(16)23)12-20-21-17(22)9-8-13-6-4-3-5-7-13/h3-7,10-12,23H,2,8-9H2,1H3,(H,21,22)/b20-12+. The van der Waals surface area contributed by atoms with Gasteiger partial charge < -0.3 is 9.84 Å². The molecule has 0 saturated carbocycles. The molecule has 0 aliphatic rings. The quantitative estimate of drug-likeness (QED) is 0.559. The smallest absolute Gasteiger partial charge is 0.240 e. The van der Waals surface area contributed by atoms with E-state index in [4.69, 9.17) is 4.74 Å². The first kappa shape index (κ1) is 18.0. The van der Waals surface area contributed by atoms with Crippen LogP contribution in [0.4, 0.5) is 0 Å². The van der Waals surface area contributed by atoms with Gasteiger partial charge in [-0.1, -0.05) is 30.3 Å². The van der Waals surface area contributed by atoms with E-state index in [-0.39, 0.29) is 11.7 Å². The van der Waals surface area contributed by atoms with Crippen molar-refractivity contribution in [3.63, 3.8) is 0 Å². The Morgan fingerprint density at radius 2 is 2.08 bits per heavy atom. The van der Waals surface area contributed by atoms with E-state index in [9.17, 15) is 9.90 Å². The van der Waals surface area contributed by atoms with Crippen molar-refractivity contribution >= 4 is 28.1 Å². The Morgan fingerprint density at radius 1 is 1.33 bits per heavy atom. The molecule has 0 aliphatic heterocycles. The van der Waals surface area contributed by atoms with Crippen LogP contribution >= 0.6 is 15.9 Å². The van der Waals surface area contributed by atoms with E-state index < -0.39 is 0 Å². The Kier molecular flexibility index (Phi) is 6.81. The van der Waals surface area contributed by atoms with E-state index in [0.717, 1.165) is 5.56 Å². The summed E-state index contributed by atoms with van der Waals surface area (Å²) < 4.78 is 5.85. The number of nitrogens with one attached hydrogen (secondary N) is 1. The van der Waals surface area contributed by atoms with Crippen LogP contribution in [0, 0.1) is 0 Å². The van der Waals surface area contributed by atoms with Crippen molar-refractivity contribution in [2.45, 2.75) is 19.8 Å². The van der Waals surface area contributed by atoms with E-state index >= 15 is 0 Å².